The van der Waals surface area contributed by atoms with Crippen LogP contribution >= 0.6 is 0 Å². The van der Waals surface area contributed by atoms with Gasteiger partial charge < -0.3 is 62.7 Å². The van der Waals surface area contributed by atoms with Crippen molar-refractivity contribution < 1.29 is 67.5 Å². The third-order valence-corrected chi connectivity index (χ3v) is 14.9. The van der Waals surface area contributed by atoms with Crippen LogP contribution in [0.5, 0.6) is 0 Å². The van der Waals surface area contributed by atoms with Crippen LogP contribution in [0, 0.1) is 23.7 Å². The standard InChI is InChI=1S/C48H74O14/c1-11-25(2)43-28(5)17-18-47(62-43)23-34-20-33(61-47)16-15-27(4)42(26(3)13-12-14-32-24-55-45-40(49)29(6)19-35(46(51)58-34)48(32,45)52)59-39-22-37(54-10)44(31(8)57-39)60-38-21-36(53-9)41(50)30(7)56-38/h12-15,19,25-26,28,30-31,33-45,49-50,52H,11,16-18,20-24H2,1-10H3/t25-,26-,28-,30-,31-,33+,34-,35-,36-,37-,38-,39-,40+,41-,42?,43+,44?,45+,47+,48+/m0/s1. The Kier molecular flexibility index (Phi) is 15.3. The molecule has 7 aliphatic rings. The summed E-state index contributed by atoms with van der Waals surface area (Å²) in [4.78, 5) is 14.4. The lowest BCUT2D eigenvalue weighted by Crippen LogP contribution is -2.58. The zero-order chi connectivity index (χ0) is 44.7. The number of carbonyl (C=O) groups excluding carboxylic acids is 1. The Morgan fingerprint density at radius 1 is 0.919 bits per heavy atom. The highest BCUT2D eigenvalue weighted by atomic mass is 16.7. The van der Waals surface area contributed by atoms with Crippen LogP contribution in [-0.2, 0) is 52.2 Å². The molecule has 7 rings (SSSR count). The Balaban J connectivity index is 1.18. The van der Waals surface area contributed by atoms with Gasteiger partial charge in [-0.3, -0.25) is 4.79 Å². The van der Waals surface area contributed by atoms with Crippen LogP contribution in [0.15, 0.2) is 47.1 Å². The topological polar surface area (TPSA) is 170 Å². The van der Waals surface area contributed by atoms with Crippen molar-refractivity contribution in [3.8, 4) is 0 Å². The Morgan fingerprint density at radius 3 is 2.35 bits per heavy atom. The van der Waals surface area contributed by atoms with E-state index in [-0.39, 0.29) is 30.8 Å². The average Bonchev–Trinajstić information content (AvgIpc) is 3.58. The molecule has 350 valence electrons. The maximum Gasteiger partial charge on any atom is 0.316 e. The SMILES string of the molecule is CC[C@H](C)[C@H]1O[C@]2(CC[C@@H]1C)C[C@@H]1C[C@@H](CC=C(C)C(O[C@H]3C[C@H](OC)C(O[C@H]4C[C@H](OC)[C@@H](O)[C@H](C)O4)[C@H](C)O3)[C@@H](C)C=CC=C3CO[C@@H]4[C@H](O)C(C)=C[C@@H](C(=O)O1)[C@]34O)O2. The molecule has 0 aromatic heterocycles. The Bertz CT molecular complexity index is 1680. The number of aliphatic hydroxyl groups is 3. The van der Waals surface area contributed by atoms with Gasteiger partial charge in [0.1, 0.15) is 42.0 Å². The van der Waals surface area contributed by atoms with Crippen LogP contribution in [0.25, 0.3) is 0 Å². The van der Waals surface area contributed by atoms with E-state index in [1.54, 1.807) is 40.2 Å². The maximum atomic E-state index is 14.4. The van der Waals surface area contributed by atoms with Crippen LogP contribution in [-0.4, -0.2) is 139 Å². The van der Waals surface area contributed by atoms with Crippen molar-refractivity contribution in [2.75, 3.05) is 20.8 Å². The molecule has 6 aliphatic heterocycles. The van der Waals surface area contributed by atoms with Crippen molar-refractivity contribution in [2.24, 2.45) is 23.7 Å². The molecule has 62 heavy (non-hydrogen) atoms. The van der Waals surface area contributed by atoms with Crippen LogP contribution in [0.1, 0.15) is 107 Å². The quantitative estimate of drug-likeness (QED) is 0.204. The molecule has 1 aliphatic carbocycles. The Morgan fingerprint density at radius 2 is 1.63 bits per heavy atom. The zero-order valence-corrected chi connectivity index (χ0v) is 38.5. The highest BCUT2D eigenvalue weighted by Gasteiger charge is 2.60. The van der Waals surface area contributed by atoms with Crippen molar-refractivity contribution in [1.29, 1.82) is 0 Å². The summed E-state index contributed by atoms with van der Waals surface area (Å²) in [6, 6.07) is 0. The van der Waals surface area contributed by atoms with Gasteiger partial charge in [0.2, 0.25) is 0 Å². The molecule has 5 fully saturated rings. The minimum atomic E-state index is -1.82. The minimum Gasteiger partial charge on any atom is -0.462 e. The second-order valence-electron chi connectivity index (χ2n) is 19.4. The number of aliphatic hydroxyl groups excluding tert-OH is 2. The average molecular weight is 875 g/mol. The van der Waals surface area contributed by atoms with E-state index < -0.39 is 90.8 Å². The lowest BCUT2D eigenvalue weighted by molar-refractivity contribution is -0.340. The van der Waals surface area contributed by atoms with Crippen molar-refractivity contribution in [2.45, 2.75) is 204 Å². The van der Waals surface area contributed by atoms with Crippen LogP contribution in [0.2, 0.25) is 0 Å². The first-order valence-electron chi connectivity index (χ1n) is 23.2. The zero-order valence-electron chi connectivity index (χ0n) is 38.5. The van der Waals surface area contributed by atoms with E-state index in [1.807, 2.05) is 19.1 Å². The molecule has 20 atom stereocenters. The van der Waals surface area contributed by atoms with E-state index in [0.29, 0.717) is 61.5 Å². The van der Waals surface area contributed by atoms with Gasteiger partial charge in [0.15, 0.2) is 18.4 Å². The summed E-state index contributed by atoms with van der Waals surface area (Å²) in [7, 11) is 3.23. The highest BCUT2D eigenvalue weighted by molar-refractivity contribution is 5.78. The van der Waals surface area contributed by atoms with Gasteiger partial charge in [-0.25, -0.2) is 0 Å². The molecule has 0 aromatic carbocycles. The lowest BCUT2D eigenvalue weighted by Gasteiger charge is -2.51. The summed E-state index contributed by atoms with van der Waals surface area (Å²) < 4.78 is 63.9. The van der Waals surface area contributed by atoms with E-state index in [0.717, 1.165) is 18.4 Å². The largest absolute Gasteiger partial charge is 0.462 e. The fourth-order valence-corrected chi connectivity index (χ4v) is 11.0. The van der Waals surface area contributed by atoms with Crippen molar-refractivity contribution in [3.63, 3.8) is 0 Å². The molecule has 14 heteroatoms. The molecule has 0 aromatic rings. The van der Waals surface area contributed by atoms with Gasteiger partial charge in [-0.15, -0.1) is 0 Å². The van der Waals surface area contributed by atoms with Gasteiger partial charge in [-0.2, -0.15) is 0 Å². The summed E-state index contributed by atoms with van der Waals surface area (Å²) in [6.07, 6.45) is 6.53. The molecular formula is C48H74O14. The molecule has 5 saturated heterocycles. The van der Waals surface area contributed by atoms with Gasteiger partial charge >= 0.3 is 5.97 Å². The van der Waals surface area contributed by atoms with Gasteiger partial charge in [-0.1, -0.05) is 64.5 Å². The Labute approximate surface area is 368 Å². The van der Waals surface area contributed by atoms with Gasteiger partial charge in [0.25, 0.3) is 0 Å². The van der Waals surface area contributed by atoms with Crippen molar-refractivity contribution in [1.82, 2.24) is 0 Å². The fraction of sp³-hybridized carbons (Fsp3) is 0.812. The first-order chi connectivity index (χ1) is 29.5. The highest BCUT2D eigenvalue weighted by Crippen LogP contribution is 2.48. The van der Waals surface area contributed by atoms with E-state index in [2.05, 4.69) is 40.7 Å². The summed E-state index contributed by atoms with van der Waals surface area (Å²) in [6.45, 7) is 16.3. The molecule has 0 amide bonds. The van der Waals surface area contributed by atoms with E-state index in [9.17, 15) is 20.1 Å². The summed E-state index contributed by atoms with van der Waals surface area (Å²) in [5, 5.41) is 34.2. The second-order valence-corrected chi connectivity index (χ2v) is 19.4. The summed E-state index contributed by atoms with van der Waals surface area (Å²) >= 11 is 0. The first-order valence-corrected chi connectivity index (χ1v) is 23.2. The molecule has 2 bridgehead atoms. The summed E-state index contributed by atoms with van der Waals surface area (Å²) in [5.41, 5.74) is 0.188. The number of rotatable bonds is 8. The van der Waals surface area contributed by atoms with Crippen LogP contribution in [0.4, 0.5) is 0 Å². The third kappa shape index (κ3) is 9.73. The number of allylic oxidation sites excluding steroid dienone is 2. The number of ether oxygens (including phenoxy) is 10. The van der Waals surface area contributed by atoms with E-state index >= 15 is 0 Å². The number of methoxy groups -OCH3 is 2. The van der Waals surface area contributed by atoms with Crippen molar-refractivity contribution in [3.05, 3.63) is 47.1 Å². The number of hydrogen-bond donors (Lipinski definition) is 3. The molecule has 14 nitrogen and oxygen atoms in total. The lowest BCUT2D eigenvalue weighted by atomic mass is 9.71. The molecule has 6 heterocycles. The predicted octanol–water partition coefficient (Wildman–Crippen LogP) is 5.60. The van der Waals surface area contributed by atoms with E-state index in [1.165, 1.54) is 0 Å². The monoisotopic (exact) mass is 875 g/mol. The number of carbonyl (C=O) groups is 1. The van der Waals surface area contributed by atoms with E-state index in [4.69, 9.17) is 47.4 Å². The number of fused-ring (bicyclic) bond motifs is 2. The van der Waals surface area contributed by atoms with Crippen LogP contribution in [0.3, 0.4) is 0 Å². The molecular weight excluding hydrogens is 801 g/mol. The predicted molar refractivity (Wildman–Crippen MR) is 227 cm³/mol. The normalized spacial score (nSPS) is 47.2. The smallest absolute Gasteiger partial charge is 0.316 e. The molecule has 2 unspecified atom stereocenters. The van der Waals surface area contributed by atoms with Gasteiger partial charge in [0, 0.05) is 52.2 Å². The summed E-state index contributed by atoms with van der Waals surface area (Å²) in [5.74, 6) is -2.10. The molecule has 0 radical (unpaired) electrons. The van der Waals surface area contributed by atoms with Gasteiger partial charge in [0.05, 0.1) is 49.3 Å². The number of esters is 1. The van der Waals surface area contributed by atoms with Crippen LogP contribution < -0.4 is 0 Å². The van der Waals surface area contributed by atoms with Crippen molar-refractivity contribution >= 4 is 5.97 Å². The molecule has 0 saturated carbocycles. The third-order valence-electron chi connectivity index (χ3n) is 14.9. The minimum absolute atomic E-state index is 0.00708. The second kappa shape index (κ2) is 19.8. The maximum absolute atomic E-state index is 14.4. The fourth-order valence-electron chi connectivity index (χ4n) is 11.0. The van der Waals surface area contributed by atoms with Gasteiger partial charge in [-0.05, 0) is 69.1 Å². The Hall–Kier alpha value is -2.05. The molecule has 3 N–H and O–H groups in total. The first kappa shape index (κ1) is 47.9. The molecule has 1 spiro atoms. The number of hydrogen-bond acceptors (Lipinski definition) is 14.